The molecule has 1 aromatic heterocycles. The summed E-state index contributed by atoms with van der Waals surface area (Å²) in [6, 6.07) is 4.30. The quantitative estimate of drug-likeness (QED) is 0.660. The van der Waals surface area contributed by atoms with Crippen molar-refractivity contribution in [2.45, 2.75) is 0 Å². The summed E-state index contributed by atoms with van der Waals surface area (Å²) in [5.41, 5.74) is 0. The molecule has 0 bridgehead atoms. The summed E-state index contributed by atoms with van der Waals surface area (Å²) in [7, 11) is 4.13. The number of thiophene rings is 1. The maximum absolute atomic E-state index is 5.13. The summed E-state index contributed by atoms with van der Waals surface area (Å²) in [6.45, 7) is 0. The van der Waals surface area contributed by atoms with Crippen LogP contribution in [0.4, 0.5) is 5.00 Å². The molecule has 0 aromatic carbocycles. The second-order valence-electron chi connectivity index (χ2n) is 3.46. The average molecular weight is 288 g/mol. The Hall–Kier alpha value is -0.170. The predicted octanol–water partition coefficient (Wildman–Crippen LogP) is 3.42. The molecular weight excluding hydrogens is 276 g/mol. The fraction of sp³-hybridized carbons (Fsp3) is 0.300. The van der Waals surface area contributed by atoms with E-state index in [2.05, 4.69) is 41.9 Å². The molecule has 0 saturated carbocycles. The largest absolute Gasteiger partial charge is 0.370 e. The number of hydrogen-bond acceptors (Lipinski definition) is 5. The van der Waals surface area contributed by atoms with Crippen LogP contribution in [0.25, 0.3) is 6.08 Å². The Morgan fingerprint density at radius 1 is 1.44 bits per heavy atom. The normalized spacial score (nSPS) is 18.6. The minimum absolute atomic E-state index is 0.854. The van der Waals surface area contributed by atoms with Gasteiger partial charge in [-0.2, -0.15) is 0 Å². The van der Waals surface area contributed by atoms with Crippen LogP contribution in [-0.2, 0) is 0 Å². The molecule has 0 unspecified atom stereocenters. The van der Waals surface area contributed by atoms with E-state index in [-0.39, 0.29) is 0 Å². The summed E-state index contributed by atoms with van der Waals surface area (Å²) < 4.78 is 3.94. The van der Waals surface area contributed by atoms with E-state index in [0.29, 0.717) is 0 Å². The molecule has 2 heterocycles. The first kappa shape index (κ1) is 12.3. The van der Waals surface area contributed by atoms with Crippen molar-refractivity contribution in [3.8, 4) is 0 Å². The van der Waals surface area contributed by atoms with Crippen molar-refractivity contribution in [1.82, 2.24) is 4.72 Å². The highest BCUT2D eigenvalue weighted by molar-refractivity contribution is 8.28. The van der Waals surface area contributed by atoms with Crippen LogP contribution < -0.4 is 9.62 Å². The topological polar surface area (TPSA) is 15.3 Å². The zero-order valence-electron chi connectivity index (χ0n) is 9.02. The molecule has 6 heteroatoms. The van der Waals surface area contributed by atoms with Gasteiger partial charge in [0, 0.05) is 29.6 Å². The van der Waals surface area contributed by atoms with E-state index in [4.69, 9.17) is 12.2 Å². The fourth-order valence-electron chi connectivity index (χ4n) is 1.23. The number of anilines is 1. The first-order valence-corrected chi connectivity index (χ1v) is 7.75. The lowest BCUT2D eigenvalue weighted by molar-refractivity contribution is 1.16. The van der Waals surface area contributed by atoms with Gasteiger partial charge < -0.3 is 9.62 Å². The lowest BCUT2D eigenvalue weighted by Crippen LogP contribution is -2.15. The molecule has 1 aromatic rings. The van der Waals surface area contributed by atoms with Crippen molar-refractivity contribution in [3.05, 3.63) is 21.9 Å². The maximum Gasteiger partial charge on any atom is 0.148 e. The number of thiocarbonyl (C=S) groups is 1. The molecule has 2 rings (SSSR count). The van der Waals surface area contributed by atoms with E-state index < -0.39 is 0 Å². The van der Waals surface area contributed by atoms with E-state index >= 15 is 0 Å². The molecule has 0 amide bonds. The molecule has 0 spiro atoms. The number of nitrogens with zero attached hydrogens (tertiary/aromatic N) is 1. The number of hydrogen-bond donors (Lipinski definition) is 1. The van der Waals surface area contributed by atoms with Gasteiger partial charge in [-0.1, -0.05) is 24.0 Å². The number of thioether (sulfide) groups is 1. The van der Waals surface area contributed by atoms with Gasteiger partial charge in [-0.15, -0.1) is 11.3 Å². The van der Waals surface area contributed by atoms with Crippen molar-refractivity contribution >= 4 is 62.7 Å². The molecule has 0 radical (unpaired) electrons. The first-order valence-electron chi connectivity index (χ1n) is 4.72. The van der Waals surface area contributed by atoms with Gasteiger partial charge in [0.25, 0.3) is 0 Å². The highest BCUT2D eigenvalue weighted by Gasteiger charge is 2.11. The third-order valence-electron chi connectivity index (χ3n) is 1.95. The smallest absolute Gasteiger partial charge is 0.148 e. The van der Waals surface area contributed by atoms with Crippen molar-refractivity contribution in [2.75, 3.05) is 24.7 Å². The van der Waals surface area contributed by atoms with Gasteiger partial charge in [0.15, 0.2) is 0 Å². The highest BCUT2D eigenvalue weighted by atomic mass is 32.2. The molecule has 1 fully saturated rings. The Balaban J connectivity index is 2.12. The average Bonchev–Trinajstić information content (AvgIpc) is 2.66. The summed E-state index contributed by atoms with van der Waals surface area (Å²) in [5.74, 6) is 0.986. The van der Waals surface area contributed by atoms with E-state index in [1.807, 2.05) is 0 Å². The van der Waals surface area contributed by atoms with Crippen LogP contribution in [0.15, 0.2) is 17.0 Å². The van der Waals surface area contributed by atoms with Gasteiger partial charge in [-0.3, -0.25) is 0 Å². The lowest BCUT2D eigenvalue weighted by Gasteiger charge is -2.14. The molecule has 1 N–H and O–H groups in total. The summed E-state index contributed by atoms with van der Waals surface area (Å²) in [4.78, 5) is 4.74. The van der Waals surface area contributed by atoms with Crippen LogP contribution in [0.2, 0.25) is 0 Å². The van der Waals surface area contributed by atoms with Crippen LogP contribution >= 0.6 is 47.3 Å². The molecule has 86 valence electrons. The third-order valence-corrected chi connectivity index (χ3v) is 5.56. The minimum Gasteiger partial charge on any atom is -0.370 e. The molecular formula is C10H12N2S4. The maximum atomic E-state index is 5.13. The van der Waals surface area contributed by atoms with E-state index in [9.17, 15) is 0 Å². The molecule has 0 aliphatic carbocycles. The molecule has 1 saturated heterocycles. The van der Waals surface area contributed by atoms with E-state index in [0.717, 1.165) is 10.1 Å². The predicted molar refractivity (Wildman–Crippen MR) is 82.4 cm³/mol. The van der Waals surface area contributed by atoms with E-state index in [1.165, 1.54) is 14.8 Å². The van der Waals surface area contributed by atoms with Gasteiger partial charge in [0.2, 0.25) is 0 Å². The highest BCUT2D eigenvalue weighted by Crippen LogP contribution is 2.32. The Morgan fingerprint density at radius 2 is 2.25 bits per heavy atom. The van der Waals surface area contributed by atoms with Crippen molar-refractivity contribution < 1.29 is 0 Å². The second-order valence-corrected chi connectivity index (χ2v) is 7.14. The van der Waals surface area contributed by atoms with Crippen LogP contribution in [-0.4, -0.2) is 24.2 Å². The Bertz CT molecular complexity index is 422. The van der Waals surface area contributed by atoms with Gasteiger partial charge >= 0.3 is 0 Å². The Kier molecular flexibility index (Phi) is 4.18. The van der Waals surface area contributed by atoms with Crippen LogP contribution in [0.3, 0.4) is 0 Å². The number of rotatable bonds is 2. The SMILES string of the molecule is CN(C)c1ccc(/C=C2/CSNC(=S)S2)s1. The standard InChI is InChI=1S/C10H12N2S4/c1-12(2)9-4-3-7(15-9)5-8-6-14-11-10(13)16-8/h3-5H,6H2,1-2H3,(H,11,13)/b8-5-. The van der Waals surface area contributed by atoms with Crippen molar-refractivity contribution in [3.63, 3.8) is 0 Å². The van der Waals surface area contributed by atoms with Gasteiger partial charge in [0.05, 0.1) is 5.00 Å². The van der Waals surface area contributed by atoms with Crippen LogP contribution in [0.5, 0.6) is 0 Å². The van der Waals surface area contributed by atoms with Crippen LogP contribution in [0, 0.1) is 0 Å². The zero-order valence-corrected chi connectivity index (χ0v) is 12.3. The van der Waals surface area contributed by atoms with Crippen molar-refractivity contribution in [1.29, 1.82) is 0 Å². The first-order chi connectivity index (χ1) is 7.65. The lowest BCUT2D eigenvalue weighted by atomic mass is 10.4. The van der Waals surface area contributed by atoms with Gasteiger partial charge in [0.1, 0.15) is 4.32 Å². The van der Waals surface area contributed by atoms with Gasteiger partial charge in [-0.25, -0.2) is 0 Å². The molecule has 16 heavy (non-hydrogen) atoms. The monoisotopic (exact) mass is 288 g/mol. The molecule has 1 aliphatic heterocycles. The Labute approximate surface area is 114 Å². The molecule has 2 nitrogen and oxygen atoms in total. The fourth-order valence-corrected chi connectivity index (χ4v) is 4.29. The van der Waals surface area contributed by atoms with Gasteiger partial charge in [-0.05, 0) is 30.2 Å². The zero-order chi connectivity index (χ0) is 11.5. The molecule has 0 atom stereocenters. The third kappa shape index (κ3) is 3.16. The number of nitrogens with one attached hydrogen (secondary N) is 1. The summed E-state index contributed by atoms with van der Waals surface area (Å²) >= 11 is 10.2. The second kappa shape index (κ2) is 5.44. The molecule has 1 aliphatic rings. The van der Waals surface area contributed by atoms with E-state index in [1.54, 1.807) is 35.0 Å². The Morgan fingerprint density at radius 3 is 2.88 bits per heavy atom. The van der Waals surface area contributed by atoms with Crippen molar-refractivity contribution in [2.24, 2.45) is 0 Å². The summed E-state index contributed by atoms with van der Waals surface area (Å²) in [6.07, 6.45) is 2.22. The minimum atomic E-state index is 0.854. The summed E-state index contributed by atoms with van der Waals surface area (Å²) in [5, 5.41) is 1.28. The van der Waals surface area contributed by atoms with Crippen LogP contribution in [0.1, 0.15) is 4.88 Å².